The van der Waals surface area contributed by atoms with Gasteiger partial charge in [0.05, 0.1) is 11.2 Å². The van der Waals surface area contributed by atoms with E-state index in [1.54, 1.807) is 6.20 Å². The van der Waals surface area contributed by atoms with Crippen LogP contribution < -0.4 is 5.32 Å². The molecule has 0 amide bonds. The molecule has 0 atom stereocenters. The molecule has 0 saturated carbocycles. The number of nitrogens with one attached hydrogen (secondary N) is 3. The molecule has 2 aromatic carbocycles. The van der Waals surface area contributed by atoms with Crippen LogP contribution in [-0.4, -0.2) is 20.2 Å². The fourth-order valence-electron chi connectivity index (χ4n) is 4.46. The zero-order valence-electron chi connectivity index (χ0n) is 22.4. The van der Waals surface area contributed by atoms with Crippen LogP contribution in [-0.2, 0) is 0 Å². The van der Waals surface area contributed by atoms with Crippen LogP contribution in [0.4, 0.5) is 0 Å². The van der Waals surface area contributed by atoms with E-state index in [2.05, 4.69) is 120 Å². The Morgan fingerprint density at radius 2 is 1.84 bits per heavy atom. The fraction of sp³-hybridized carbons (Fsp3) is 0.152. The number of allylic oxidation sites excluding steroid dienone is 5. The van der Waals surface area contributed by atoms with Gasteiger partial charge in [-0.2, -0.15) is 5.10 Å². The average molecular weight is 500 g/mol. The Labute approximate surface area is 223 Å². The predicted octanol–water partition coefficient (Wildman–Crippen LogP) is 8.40. The SMILES string of the molecule is C=C/C(=C\C(=C/C)c1ccc2[nH]nc(-c3cc4c(-c5cccnc5)cccc4[nH]3)c2c1)NC(=C)C(C)(C)C. The molecule has 0 radical (unpaired) electrons. The van der Waals surface area contributed by atoms with Gasteiger partial charge in [-0.05, 0) is 66.1 Å². The molecule has 5 heteroatoms. The lowest BCUT2D eigenvalue weighted by Crippen LogP contribution is -2.22. The Hall–Kier alpha value is -4.64. The summed E-state index contributed by atoms with van der Waals surface area (Å²) in [6.07, 6.45) is 9.73. The quantitative estimate of drug-likeness (QED) is 0.197. The number of hydrogen-bond acceptors (Lipinski definition) is 3. The predicted molar refractivity (Wildman–Crippen MR) is 160 cm³/mol. The van der Waals surface area contributed by atoms with Gasteiger partial charge in [0.1, 0.15) is 5.69 Å². The van der Waals surface area contributed by atoms with Gasteiger partial charge >= 0.3 is 0 Å². The molecule has 0 aliphatic rings. The molecule has 38 heavy (non-hydrogen) atoms. The molecular weight excluding hydrogens is 466 g/mol. The van der Waals surface area contributed by atoms with Gasteiger partial charge in [0, 0.05) is 51.1 Å². The number of H-pyrrole nitrogens is 2. The van der Waals surface area contributed by atoms with Crippen molar-refractivity contribution in [3.8, 4) is 22.5 Å². The summed E-state index contributed by atoms with van der Waals surface area (Å²) in [5, 5.41) is 13.5. The minimum Gasteiger partial charge on any atom is -0.359 e. The van der Waals surface area contributed by atoms with Crippen molar-refractivity contribution in [1.82, 2.24) is 25.5 Å². The first-order valence-electron chi connectivity index (χ1n) is 12.8. The van der Waals surface area contributed by atoms with Crippen LogP contribution in [0, 0.1) is 5.41 Å². The van der Waals surface area contributed by atoms with Gasteiger partial charge in [-0.15, -0.1) is 0 Å². The molecule has 0 aliphatic carbocycles. The van der Waals surface area contributed by atoms with Crippen LogP contribution in [0.5, 0.6) is 0 Å². The normalized spacial score (nSPS) is 12.7. The third-order valence-electron chi connectivity index (χ3n) is 6.83. The van der Waals surface area contributed by atoms with Gasteiger partial charge in [-0.25, -0.2) is 0 Å². The highest BCUT2D eigenvalue weighted by molar-refractivity contribution is 6.01. The van der Waals surface area contributed by atoms with E-state index < -0.39 is 0 Å². The minimum atomic E-state index is -0.0563. The molecule has 5 nitrogen and oxygen atoms in total. The topological polar surface area (TPSA) is 69.4 Å². The van der Waals surface area contributed by atoms with Gasteiger partial charge in [0.15, 0.2) is 0 Å². The monoisotopic (exact) mass is 499 g/mol. The van der Waals surface area contributed by atoms with E-state index >= 15 is 0 Å². The molecule has 3 N–H and O–H groups in total. The summed E-state index contributed by atoms with van der Waals surface area (Å²) in [7, 11) is 0. The summed E-state index contributed by atoms with van der Waals surface area (Å²) in [6.45, 7) is 16.7. The summed E-state index contributed by atoms with van der Waals surface area (Å²) in [5.41, 5.74) is 10.1. The summed E-state index contributed by atoms with van der Waals surface area (Å²) >= 11 is 0. The lowest BCUT2D eigenvalue weighted by Gasteiger charge is -2.24. The van der Waals surface area contributed by atoms with Crippen molar-refractivity contribution in [3.63, 3.8) is 0 Å². The van der Waals surface area contributed by atoms with Crippen molar-refractivity contribution in [1.29, 1.82) is 0 Å². The van der Waals surface area contributed by atoms with E-state index in [-0.39, 0.29) is 5.41 Å². The Bertz CT molecular complexity index is 1710. The summed E-state index contributed by atoms with van der Waals surface area (Å²) in [4.78, 5) is 7.88. The summed E-state index contributed by atoms with van der Waals surface area (Å²) < 4.78 is 0. The van der Waals surface area contributed by atoms with E-state index in [1.807, 2.05) is 25.3 Å². The van der Waals surface area contributed by atoms with E-state index in [4.69, 9.17) is 0 Å². The Kier molecular flexibility index (Phi) is 6.60. The molecule has 0 spiro atoms. The van der Waals surface area contributed by atoms with Gasteiger partial charge in [-0.3, -0.25) is 10.1 Å². The molecule has 190 valence electrons. The number of benzene rings is 2. The smallest absolute Gasteiger partial charge is 0.116 e. The first-order valence-corrected chi connectivity index (χ1v) is 12.8. The highest BCUT2D eigenvalue weighted by Gasteiger charge is 2.16. The first-order chi connectivity index (χ1) is 18.3. The summed E-state index contributed by atoms with van der Waals surface area (Å²) in [6, 6.07) is 18.9. The second kappa shape index (κ2) is 10.0. The molecule has 5 aromatic rings. The van der Waals surface area contributed by atoms with Crippen molar-refractivity contribution < 1.29 is 0 Å². The van der Waals surface area contributed by atoms with Gasteiger partial charge < -0.3 is 10.3 Å². The molecule has 0 fully saturated rings. The standard InChI is InChI=1S/C33H33N5/c1-7-22(17-25(8-2)35-21(3)33(4,5)6)23-14-15-30-28(18-23)32(38-37-30)31-19-27-26(12-9-13-29(27)36-31)24-11-10-16-34-20-24/h7-20,35-36H,2-3H2,1,4-6H3,(H,37,38)/b22-7+,25-17+. The second-order valence-corrected chi connectivity index (χ2v) is 10.4. The van der Waals surface area contributed by atoms with Crippen LogP contribution in [0.25, 0.3) is 49.9 Å². The maximum absolute atomic E-state index is 4.69. The van der Waals surface area contributed by atoms with Crippen molar-refractivity contribution in [3.05, 3.63) is 115 Å². The van der Waals surface area contributed by atoms with E-state index in [0.29, 0.717) is 0 Å². The van der Waals surface area contributed by atoms with E-state index in [9.17, 15) is 0 Å². The Balaban J connectivity index is 1.55. The number of pyridine rings is 1. The largest absolute Gasteiger partial charge is 0.359 e. The molecular formula is C33H33N5. The van der Waals surface area contributed by atoms with Crippen molar-refractivity contribution in [2.24, 2.45) is 5.41 Å². The van der Waals surface area contributed by atoms with Crippen LogP contribution in [0.1, 0.15) is 33.3 Å². The highest BCUT2D eigenvalue weighted by Crippen LogP contribution is 2.35. The third kappa shape index (κ3) is 4.83. The van der Waals surface area contributed by atoms with Crippen LogP contribution in [0.2, 0.25) is 0 Å². The molecule has 0 saturated heterocycles. The van der Waals surface area contributed by atoms with Crippen LogP contribution in [0.15, 0.2) is 110 Å². The Morgan fingerprint density at radius 3 is 2.55 bits per heavy atom. The van der Waals surface area contributed by atoms with Crippen LogP contribution in [0.3, 0.4) is 0 Å². The van der Waals surface area contributed by atoms with Gasteiger partial charge in [0.2, 0.25) is 0 Å². The van der Waals surface area contributed by atoms with Gasteiger partial charge in [-0.1, -0.05) is 64.3 Å². The molecule has 3 heterocycles. The zero-order valence-corrected chi connectivity index (χ0v) is 22.4. The van der Waals surface area contributed by atoms with Gasteiger partial charge in [0.25, 0.3) is 0 Å². The third-order valence-corrected chi connectivity index (χ3v) is 6.83. The molecule has 0 aliphatic heterocycles. The number of hydrogen-bond donors (Lipinski definition) is 3. The molecule has 0 bridgehead atoms. The second-order valence-electron chi connectivity index (χ2n) is 10.4. The zero-order chi connectivity index (χ0) is 26.9. The minimum absolute atomic E-state index is 0.0563. The first kappa shape index (κ1) is 25.0. The molecule has 5 rings (SSSR count). The number of fused-ring (bicyclic) bond motifs is 2. The molecule has 3 aromatic heterocycles. The van der Waals surface area contributed by atoms with E-state index in [0.717, 1.165) is 66.9 Å². The summed E-state index contributed by atoms with van der Waals surface area (Å²) in [5.74, 6) is 0. The lowest BCUT2D eigenvalue weighted by molar-refractivity contribution is 0.478. The maximum atomic E-state index is 4.69. The van der Waals surface area contributed by atoms with E-state index in [1.165, 1.54) is 0 Å². The van der Waals surface area contributed by atoms with Crippen molar-refractivity contribution in [2.45, 2.75) is 27.7 Å². The van der Waals surface area contributed by atoms with Crippen LogP contribution >= 0.6 is 0 Å². The maximum Gasteiger partial charge on any atom is 0.116 e. The highest BCUT2D eigenvalue weighted by atomic mass is 15.1. The Morgan fingerprint density at radius 1 is 1.00 bits per heavy atom. The average Bonchev–Trinajstić information content (AvgIpc) is 3.54. The van der Waals surface area contributed by atoms with Crippen molar-refractivity contribution >= 4 is 27.4 Å². The number of nitrogens with zero attached hydrogens (tertiary/aromatic N) is 2. The number of aromatic amines is 2. The van der Waals surface area contributed by atoms with Crippen molar-refractivity contribution in [2.75, 3.05) is 0 Å². The lowest BCUT2D eigenvalue weighted by atomic mass is 9.92. The number of rotatable bonds is 7. The molecule has 0 unspecified atom stereocenters. The fourth-order valence-corrected chi connectivity index (χ4v) is 4.46. The number of aromatic nitrogens is 4.